The number of benzene rings is 1. The molecule has 0 fully saturated rings. The van der Waals surface area contributed by atoms with Crippen molar-refractivity contribution in [2.45, 2.75) is 6.92 Å². The molecule has 0 saturated carbocycles. The first-order valence-corrected chi connectivity index (χ1v) is 5.49. The maximum Gasteiger partial charge on any atom is 0.247 e. The van der Waals surface area contributed by atoms with Crippen molar-refractivity contribution in [1.29, 1.82) is 0 Å². The van der Waals surface area contributed by atoms with Gasteiger partial charge in [-0.15, -0.1) is 0 Å². The number of halogens is 1. The molecule has 2 rings (SSSR count). The zero-order valence-electron chi connectivity index (χ0n) is 7.00. The molecule has 1 nitrogen and oxygen atoms in total. The fourth-order valence-electron chi connectivity index (χ4n) is 1.28. The lowest BCUT2D eigenvalue weighted by Gasteiger charge is -2.01. The van der Waals surface area contributed by atoms with Crippen molar-refractivity contribution in [3.05, 3.63) is 43.8 Å². The Kier molecular flexibility index (Phi) is 2.22. The molecule has 0 N–H and O–H groups in total. The van der Waals surface area contributed by atoms with Crippen molar-refractivity contribution in [2.24, 2.45) is 0 Å². The van der Waals surface area contributed by atoms with E-state index in [1.807, 2.05) is 31.2 Å². The van der Waals surface area contributed by atoms with Crippen molar-refractivity contribution >= 4 is 37.4 Å². The van der Waals surface area contributed by atoms with Crippen LogP contribution in [0.1, 0.15) is 5.56 Å². The van der Waals surface area contributed by atoms with Crippen molar-refractivity contribution in [3.8, 4) is 0 Å². The van der Waals surface area contributed by atoms with E-state index in [1.165, 1.54) is 11.3 Å². The Bertz CT molecular complexity index is 516. The normalized spacial score (nSPS) is 10.6. The molecule has 0 amide bonds. The maximum atomic E-state index is 11.4. The Hall–Kier alpha value is -0.670. The van der Waals surface area contributed by atoms with Crippen molar-refractivity contribution < 1.29 is 0 Å². The minimum absolute atomic E-state index is 0.0937. The van der Waals surface area contributed by atoms with Gasteiger partial charge in [-0.2, -0.15) is 0 Å². The van der Waals surface area contributed by atoms with Crippen LogP contribution in [0.5, 0.6) is 0 Å². The molecule has 0 bridgehead atoms. The second kappa shape index (κ2) is 3.24. The summed E-state index contributed by atoms with van der Waals surface area (Å²) in [6.45, 7) is 1.96. The van der Waals surface area contributed by atoms with E-state index in [9.17, 15) is 4.79 Å². The van der Waals surface area contributed by atoms with Gasteiger partial charge in [-0.1, -0.05) is 29.5 Å². The highest BCUT2D eigenvalue weighted by Gasteiger charge is 2.05. The Morgan fingerprint density at radius 3 is 2.77 bits per heavy atom. The van der Waals surface area contributed by atoms with E-state index in [-0.39, 0.29) is 4.74 Å². The summed E-state index contributed by atoms with van der Waals surface area (Å²) >= 11 is 4.58. The fraction of sp³-hybridized carbons (Fsp3) is 0.100. The summed E-state index contributed by atoms with van der Waals surface area (Å²) in [7, 11) is 0. The largest absolute Gasteiger partial charge is 0.277 e. The van der Waals surface area contributed by atoms with Gasteiger partial charge in [0.1, 0.15) is 0 Å². The highest BCUT2D eigenvalue weighted by Crippen LogP contribution is 2.24. The SMILES string of the molecule is Cc1c(Br)c(=O)sc2ccccc12. The van der Waals surface area contributed by atoms with Crippen LogP contribution in [0.3, 0.4) is 0 Å². The summed E-state index contributed by atoms with van der Waals surface area (Å²) < 4.78 is 1.83. The molecular weight excluding hydrogens is 248 g/mol. The van der Waals surface area contributed by atoms with Gasteiger partial charge in [-0.3, -0.25) is 4.79 Å². The Morgan fingerprint density at radius 2 is 2.00 bits per heavy atom. The van der Waals surface area contributed by atoms with Crippen LogP contribution in [-0.4, -0.2) is 0 Å². The smallest absolute Gasteiger partial charge is 0.247 e. The van der Waals surface area contributed by atoms with E-state index in [2.05, 4.69) is 15.9 Å². The standard InChI is InChI=1S/C10H7BrOS/c1-6-7-4-2-3-5-8(7)13-10(12)9(6)11/h2-5H,1H3. The fourth-order valence-corrected chi connectivity index (χ4v) is 2.66. The van der Waals surface area contributed by atoms with E-state index >= 15 is 0 Å². The third kappa shape index (κ3) is 1.42. The lowest BCUT2D eigenvalue weighted by Crippen LogP contribution is -1.97. The highest BCUT2D eigenvalue weighted by molar-refractivity contribution is 9.10. The summed E-state index contributed by atoms with van der Waals surface area (Å²) in [5.41, 5.74) is 1.03. The molecule has 0 unspecified atom stereocenters. The number of rotatable bonds is 0. The zero-order valence-corrected chi connectivity index (χ0v) is 9.41. The molecule has 66 valence electrons. The summed E-state index contributed by atoms with van der Waals surface area (Å²) in [5, 5.41) is 1.15. The number of hydrogen-bond acceptors (Lipinski definition) is 2. The minimum Gasteiger partial charge on any atom is -0.277 e. The van der Waals surface area contributed by atoms with Crippen LogP contribution in [0.4, 0.5) is 0 Å². The number of aryl methyl sites for hydroxylation is 1. The minimum atomic E-state index is 0.0937. The monoisotopic (exact) mass is 254 g/mol. The van der Waals surface area contributed by atoms with Gasteiger partial charge >= 0.3 is 0 Å². The molecule has 0 aliphatic heterocycles. The van der Waals surface area contributed by atoms with Crippen LogP contribution in [-0.2, 0) is 0 Å². The molecule has 13 heavy (non-hydrogen) atoms. The van der Waals surface area contributed by atoms with Crippen LogP contribution in [0.25, 0.3) is 10.1 Å². The van der Waals surface area contributed by atoms with E-state index in [0.717, 1.165) is 15.6 Å². The predicted octanol–water partition coefficient (Wildman–Crippen LogP) is 3.33. The lowest BCUT2D eigenvalue weighted by molar-refractivity contribution is 1.48. The van der Waals surface area contributed by atoms with Gasteiger partial charge in [0.05, 0.1) is 4.47 Å². The average molecular weight is 255 g/mol. The van der Waals surface area contributed by atoms with Crippen molar-refractivity contribution in [2.75, 3.05) is 0 Å². The van der Waals surface area contributed by atoms with Crippen molar-refractivity contribution in [1.82, 2.24) is 0 Å². The third-order valence-electron chi connectivity index (χ3n) is 2.00. The van der Waals surface area contributed by atoms with Crippen LogP contribution in [0.2, 0.25) is 0 Å². The van der Waals surface area contributed by atoms with E-state index in [0.29, 0.717) is 4.47 Å². The van der Waals surface area contributed by atoms with Crippen molar-refractivity contribution in [3.63, 3.8) is 0 Å². The zero-order chi connectivity index (χ0) is 9.42. The molecule has 1 aromatic heterocycles. The summed E-state index contributed by atoms with van der Waals surface area (Å²) in [6.07, 6.45) is 0. The Morgan fingerprint density at radius 1 is 1.31 bits per heavy atom. The van der Waals surface area contributed by atoms with Gasteiger partial charge in [-0.05, 0) is 39.9 Å². The summed E-state index contributed by atoms with van der Waals surface area (Å²) in [5.74, 6) is 0. The topological polar surface area (TPSA) is 17.1 Å². The summed E-state index contributed by atoms with van der Waals surface area (Å²) in [4.78, 5) is 11.4. The van der Waals surface area contributed by atoms with E-state index in [4.69, 9.17) is 0 Å². The first-order valence-electron chi connectivity index (χ1n) is 3.88. The number of hydrogen-bond donors (Lipinski definition) is 0. The molecule has 0 radical (unpaired) electrons. The third-order valence-corrected chi connectivity index (χ3v) is 4.18. The molecule has 0 aliphatic rings. The first-order chi connectivity index (χ1) is 6.20. The van der Waals surface area contributed by atoms with Crippen LogP contribution in [0, 0.1) is 6.92 Å². The van der Waals surface area contributed by atoms with Crippen LogP contribution >= 0.6 is 27.3 Å². The van der Waals surface area contributed by atoms with E-state index in [1.54, 1.807) is 0 Å². The molecule has 0 atom stereocenters. The molecule has 0 saturated heterocycles. The van der Waals surface area contributed by atoms with Crippen LogP contribution < -0.4 is 4.74 Å². The average Bonchev–Trinajstić information content (AvgIpc) is 2.15. The highest BCUT2D eigenvalue weighted by atomic mass is 79.9. The first kappa shape index (κ1) is 8.91. The molecular formula is C10H7BrOS. The van der Waals surface area contributed by atoms with Gasteiger partial charge in [0.15, 0.2) is 0 Å². The van der Waals surface area contributed by atoms with Gasteiger partial charge in [0, 0.05) is 4.70 Å². The predicted molar refractivity (Wildman–Crippen MR) is 60.5 cm³/mol. The van der Waals surface area contributed by atoms with Gasteiger partial charge in [-0.25, -0.2) is 0 Å². The second-order valence-corrected chi connectivity index (χ2v) is 4.63. The van der Waals surface area contributed by atoms with Gasteiger partial charge in [0.2, 0.25) is 4.74 Å². The van der Waals surface area contributed by atoms with E-state index < -0.39 is 0 Å². The molecule has 3 heteroatoms. The molecule has 1 heterocycles. The van der Waals surface area contributed by atoms with Crippen LogP contribution in [0.15, 0.2) is 33.5 Å². The number of fused-ring (bicyclic) bond motifs is 1. The Labute approximate surface area is 88.2 Å². The van der Waals surface area contributed by atoms with Gasteiger partial charge < -0.3 is 0 Å². The molecule has 2 aromatic rings. The Balaban J connectivity index is 3.02. The quantitative estimate of drug-likeness (QED) is 0.705. The molecule has 0 aliphatic carbocycles. The second-order valence-electron chi connectivity index (χ2n) is 2.82. The molecule has 0 spiro atoms. The lowest BCUT2D eigenvalue weighted by atomic mass is 10.2. The maximum absolute atomic E-state index is 11.4. The van der Waals surface area contributed by atoms with Gasteiger partial charge in [0.25, 0.3) is 0 Å². The molecule has 1 aromatic carbocycles. The summed E-state index contributed by atoms with van der Waals surface area (Å²) in [6, 6.07) is 7.94.